The third kappa shape index (κ3) is 4.77. The number of halogens is 1. The van der Waals surface area contributed by atoms with Crippen LogP contribution in [0.1, 0.15) is 40.0 Å². The normalized spacial score (nSPS) is 17.9. The zero-order valence-corrected chi connectivity index (χ0v) is 17.2. The fourth-order valence-electron chi connectivity index (χ4n) is 3.29. The predicted molar refractivity (Wildman–Crippen MR) is 107 cm³/mol. The molecule has 2 aliphatic heterocycles. The standard InChI is InChI=1S/C19H22N4O6.ClH/c1-20-8-3-9-21-15(25)10-29-13-5-2-4-11-16(13)19(28)23(18(11)27)12-6-7-14(24)22-17(12)26;/h2,4-5,12,20H,3,6-10H2,1H3,(H,21,25)(H,22,24,26);1H. The van der Waals surface area contributed by atoms with Crippen LogP contribution in [0.25, 0.3) is 0 Å². The molecule has 0 aromatic heterocycles. The molecule has 0 spiro atoms. The number of carbonyl (C=O) groups excluding carboxylic acids is 5. The summed E-state index contributed by atoms with van der Waals surface area (Å²) >= 11 is 0. The molecule has 1 fully saturated rings. The highest BCUT2D eigenvalue weighted by atomic mass is 35.5. The molecule has 2 aliphatic rings. The lowest BCUT2D eigenvalue weighted by atomic mass is 10.0. The van der Waals surface area contributed by atoms with Crippen LogP contribution in [0.4, 0.5) is 0 Å². The van der Waals surface area contributed by atoms with Crippen LogP contribution in [0.2, 0.25) is 0 Å². The Labute approximate surface area is 179 Å². The molecule has 11 heteroatoms. The highest BCUT2D eigenvalue weighted by Crippen LogP contribution is 2.33. The van der Waals surface area contributed by atoms with Crippen molar-refractivity contribution in [1.82, 2.24) is 20.9 Å². The van der Waals surface area contributed by atoms with E-state index in [0.717, 1.165) is 17.9 Å². The van der Waals surface area contributed by atoms with Gasteiger partial charge in [0.15, 0.2) is 6.61 Å². The molecule has 1 aromatic rings. The van der Waals surface area contributed by atoms with Crippen molar-refractivity contribution in [3.63, 3.8) is 0 Å². The van der Waals surface area contributed by atoms with E-state index in [2.05, 4.69) is 16.0 Å². The third-order valence-corrected chi connectivity index (χ3v) is 4.71. The number of piperidine rings is 1. The number of carbonyl (C=O) groups is 5. The van der Waals surface area contributed by atoms with Gasteiger partial charge in [-0.1, -0.05) is 6.07 Å². The van der Waals surface area contributed by atoms with Crippen molar-refractivity contribution in [2.75, 3.05) is 26.7 Å². The number of hydrogen-bond donors (Lipinski definition) is 3. The van der Waals surface area contributed by atoms with Crippen molar-refractivity contribution < 1.29 is 28.7 Å². The summed E-state index contributed by atoms with van der Waals surface area (Å²) in [7, 11) is 1.82. The van der Waals surface area contributed by atoms with Crippen LogP contribution in [0.15, 0.2) is 18.2 Å². The minimum atomic E-state index is -1.05. The van der Waals surface area contributed by atoms with Crippen LogP contribution in [0, 0.1) is 0 Å². The first kappa shape index (κ1) is 23.3. The van der Waals surface area contributed by atoms with Crippen molar-refractivity contribution in [2.24, 2.45) is 0 Å². The molecule has 1 aromatic carbocycles. The van der Waals surface area contributed by atoms with E-state index in [9.17, 15) is 24.0 Å². The molecular weight excluding hydrogens is 416 g/mol. The molecule has 0 aliphatic carbocycles. The van der Waals surface area contributed by atoms with Crippen molar-refractivity contribution in [3.05, 3.63) is 29.3 Å². The van der Waals surface area contributed by atoms with Gasteiger partial charge in [0.1, 0.15) is 11.8 Å². The highest BCUT2D eigenvalue weighted by molar-refractivity contribution is 6.24. The van der Waals surface area contributed by atoms with E-state index in [1.165, 1.54) is 18.2 Å². The maximum atomic E-state index is 12.9. The molecule has 2 heterocycles. The SMILES string of the molecule is CNCCCNC(=O)COc1cccc2c1C(=O)N(C1CCC(=O)NC1=O)C2=O.Cl. The van der Waals surface area contributed by atoms with Gasteiger partial charge in [0.05, 0.1) is 11.1 Å². The molecular formula is C19H23ClN4O6. The molecule has 10 nitrogen and oxygen atoms in total. The van der Waals surface area contributed by atoms with Crippen LogP contribution in [0.3, 0.4) is 0 Å². The van der Waals surface area contributed by atoms with Gasteiger partial charge in [0.25, 0.3) is 17.7 Å². The predicted octanol–water partition coefficient (Wildman–Crippen LogP) is -0.386. The van der Waals surface area contributed by atoms with E-state index in [1.54, 1.807) is 0 Å². The maximum Gasteiger partial charge on any atom is 0.266 e. The van der Waals surface area contributed by atoms with Crippen LogP contribution in [-0.2, 0) is 14.4 Å². The van der Waals surface area contributed by atoms with Crippen molar-refractivity contribution >= 4 is 41.9 Å². The second-order valence-corrected chi connectivity index (χ2v) is 6.72. The molecule has 0 bridgehead atoms. The van der Waals surface area contributed by atoms with Crippen molar-refractivity contribution in [1.29, 1.82) is 0 Å². The highest BCUT2D eigenvalue weighted by Gasteiger charge is 2.46. The van der Waals surface area contributed by atoms with Crippen LogP contribution in [0.5, 0.6) is 5.75 Å². The Morgan fingerprint density at radius 2 is 1.97 bits per heavy atom. The molecule has 0 radical (unpaired) electrons. The lowest BCUT2D eigenvalue weighted by Crippen LogP contribution is -2.54. The van der Waals surface area contributed by atoms with Gasteiger partial charge >= 0.3 is 0 Å². The van der Waals surface area contributed by atoms with Gasteiger partial charge in [-0.05, 0) is 38.6 Å². The van der Waals surface area contributed by atoms with Gasteiger partial charge in [-0.25, -0.2) is 0 Å². The molecule has 1 atom stereocenters. The van der Waals surface area contributed by atoms with E-state index in [-0.39, 0.29) is 54.6 Å². The zero-order valence-electron chi connectivity index (χ0n) is 16.4. The Kier molecular flexibility index (Phi) is 7.90. The summed E-state index contributed by atoms with van der Waals surface area (Å²) in [4.78, 5) is 61.8. The van der Waals surface area contributed by atoms with Crippen molar-refractivity contribution in [3.8, 4) is 5.75 Å². The van der Waals surface area contributed by atoms with Gasteiger partial charge in [-0.2, -0.15) is 0 Å². The van der Waals surface area contributed by atoms with Gasteiger partial charge in [0.2, 0.25) is 11.8 Å². The van der Waals surface area contributed by atoms with E-state index >= 15 is 0 Å². The third-order valence-electron chi connectivity index (χ3n) is 4.71. The number of rotatable bonds is 8. The fourth-order valence-corrected chi connectivity index (χ4v) is 3.29. The smallest absolute Gasteiger partial charge is 0.266 e. The summed E-state index contributed by atoms with van der Waals surface area (Å²) in [5.74, 6) is -2.67. The maximum absolute atomic E-state index is 12.9. The van der Waals surface area contributed by atoms with E-state index < -0.39 is 29.7 Å². The Morgan fingerprint density at radius 3 is 2.67 bits per heavy atom. The van der Waals surface area contributed by atoms with E-state index in [1.807, 2.05) is 7.05 Å². The first-order chi connectivity index (χ1) is 13.9. The molecule has 5 amide bonds. The molecule has 1 saturated heterocycles. The van der Waals surface area contributed by atoms with E-state index in [0.29, 0.717) is 6.54 Å². The number of amides is 5. The number of hydrogen-bond acceptors (Lipinski definition) is 7. The summed E-state index contributed by atoms with van der Waals surface area (Å²) in [6.07, 6.45) is 0.874. The summed E-state index contributed by atoms with van der Waals surface area (Å²) < 4.78 is 5.48. The average molecular weight is 439 g/mol. The molecule has 0 saturated carbocycles. The van der Waals surface area contributed by atoms with Gasteiger partial charge < -0.3 is 15.4 Å². The number of ether oxygens (including phenoxy) is 1. The number of benzene rings is 1. The Morgan fingerprint density at radius 1 is 1.20 bits per heavy atom. The van der Waals surface area contributed by atoms with Gasteiger partial charge in [-0.3, -0.25) is 34.2 Å². The minimum absolute atomic E-state index is 0. The molecule has 3 rings (SSSR count). The fraction of sp³-hybridized carbons (Fsp3) is 0.421. The van der Waals surface area contributed by atoms with Crippen LogP contribution >= 0.6 is 12.4 Å². The summed E-state index contributed by atoms with van der Waals surface area (Å²) in [5, 5.41) is 7.81. The van der Waals surface area contributed by atoms with Crippen molar-refractivity contribution in [2.45, 2.75) is 25.3 Å². The van der Waals surface area contributed by atoms with Crippen LogP contribution < -0.4 is 20.7 Å². The second kappa shape index (κ2) is 10.2. The summed E-state index contributed by atoms with van der Waals surface area (Å²) in [6, 6.07) is 3.44. The topological polar surface area (TPSA) is 134 Å². The lowest BCUT2D eigenvalue weighted by Gasteiger charge is -2.27. The molecule has 30 heavy (non-hydrogen) atoms. The molecule has 1 unspecified atom stereocenters. The number of imide groups is 2. The molecule has 162 valence electrons. The van der Waals surface area contributed by atoms with Crippen LogP contribution in [-0.4, -0.2) is 67.2 Å². The Hall–Kier alpha value is -2.98. The monoisotopic (exact) mass is 438 g/mol. The Bertz CT molecular complexity index is 875. The van der Waals surface area contributed by atoms with E-state index in [4.69, 9.17) is 4.74 Å². The number of nitrogens with one attached hydrogen (secondary N) is 3. The quantitative estimate of drug-likeness (QED) is 0.372. The lowest BCUT2D eigenvalue weighted by molar-refractivity contribution is -0.136. The first-order valence-electron chi connectivity index (χ1n) is 9.32. The summed E-state index contributed by atoms with van der Waals surface area (Å²) in [6.45, 7) is 0.937. The van der Waals surface area contributed by atoms with Gasteiger partial charge in [0, 0.05) is 13.0 Å². The summed E-state index contributed by atoms with van der Waals surface area (Å²) in [5.41, 5.74) is 0.122. The molecule has 3 N–H and O–H groups in total. The Balaban J connectivity index is 0.00000320. The van der Waals surface area contributed by atoms with Gasteiger partial charge in [-0.15, -0.1) is 12.4 Å². The second-order valence-electron chi connectivity index (χ2n) is 6.72. The first-order valence-corrected chi connectivity index (χ1v) is 9.32. The minimum Gasteiger partial charge on any atom is -0.483 e. The number of nitrogens with zero attached hydrogens (tertiary/aromatic N) is 1. The largest absolute Gasteiger partial charge is 0.483 e. The number of fused-ring (bicyclic) bond motifs is 1. The average Bonchev–Trinajstić information content (AvgIpc) is 2.95. The zero-order chi connectivity index (χ0) is 21.0.